The van der Waals surface area contributed by atoms with E-state index in [1.165, 1.54) is 90.8 Å². The Bertz CT molecular complexity index is 1470. The lowest BCUT2D eigenvalue weighted by Gasteiger charge is -2.30. The number of anilines is 3. The summed E-state index contributed by atoms with van der Waals surface area (Å²) < 4.78 is 0. The summed E-state index contributed by atoms with van der Waals surface area (Å²) in [5, 5.41) is 0. The predicted molar refractivity (Wildman–Crippen MR) is 198 cm³/mol. The van der Waals surface area contributed by atoms with Gasteiger partial charge in [0, 0.05) is 40.8 Å². The van der Waals surface area contributed by atoms with Gasteiger partial charge in [0.25, 0.3) is 0 Å². The minimum Gasteiger partial charge on any atom is -0.364 e. The molecular formula is C43H55N3. The summed E-state index contributed by atoms with van der Waals surface area (Å²) in [5.74, 6) is 0.121. The Balaban J connectivity index is 1.49. The maximum absolute atomic E-state index is 3.45. The lowest BCUT2D eigenvalue weighted by molar-refractivity contribution is 0.450. The highest BCUT2D eigenvalue weighted by Gasteiger charge is 2.24. The first-order chi connectivity index (χ1) is 22.2. The Kier molecular flexibility index (Phi) is 10.9. The fraction of sp³-hybridized carbons (Fsp3) is 0.395. The third-order valence-corrected chi connectivity index (χ3v) is 9.98. The van der Waals surface area contributed by atoms with Crippen molar-refractivity contribution in [2.75, 3.05) is 4.90 Å². The SMILES string of the molecule is CCCCCC(C)(C)c1ccc(N(c2ccc(C(c3ccc[nH]3)c3ccc[nH]3)cc2)c2ccc(C(C)(C)CCCCC)cc2)cc1. The first-order valence-electron chi connectivity index (χ1n) is 17.6. The summed E-state index contributed by atoms with van der Waals surface area (Å²) in [6.07, 6.45) is 14.1. The second-order valence-corrected chi connectivity index (χ2v) is 14.4. The molecule has 0 saturated carbocycles. The van der Waals surface area contributed by atoms with Gasteiger partial charge in [0.2, 0.25) is 0 Å². The van der Waals surface area contributed by atoms with E-state index in [0.29, 0.717) is 0 Å². The van der Waals surface area contributed by atoms with Crippen molar-refractivity contribution in [2.45, 2.75) is 110 Å². The molecule has 46 heavy (non-hydrogen) atoms. The van der Waals surface area contributed by atoms with Crippen LogP contribution in [-0.2, 0) is 10.8 Å². The summed E-state index contributed by atoms with van der Waals surface area (Å²) in [6.45, 7) is 14.1. The van der Waals surface area contributed by atoms with Crippen molar-refractivity contribution in [2.24, 2.45) is 0 Å². The molecule has 3 heteroatoms. The van der Waals surface area contributed by atoms with Gasteiger partial charge in [-0.15, -0.1) is 0 Å². The highest BCUT2D eigenvalue weighted by molar-refractivity contribution is 5.77. The fourth-order valence-electron chi connectivity index (χ4n) is 6.88. The van der Waals surface area contributed by atoms with E-state index in [9.17, 15) is 0 Å². The number of benzene rings is 3. The topological polar surface area (TPSA) is 34.8 Å². The van der Waals surface area contributed by atoms with Gasteiger partial charge < -0.3 is 14.9 Å². The monoisotopic (exact) mass is 613 g/mol. The second kappa shape index (κ2) is 15.1. The summed E-state index contributed by atoms with van der Waals surface area (Å²) >= 11 is 0. The van der Waals surface area contributed by atoms with Crippen LogP contribution in [0.3, 0.4) is 0 Å². The molecule has 0 radical (unpaired) electrons. The van der Waals surface area contributed by atoms with Crippen LogP contribution in [0.25, 0.3) is 0 Å². The second-order valence-electron chi connectivity index (χ2n) is 14.4. The Morgan fingerprint density at radius 1 is 0.522 bits per heavy atom. The third-order valence-electron chi connectivity index (χ3n) is 9.98. The Morgan fingerprint density at radius 3 is 1.26 bits per heavy atom. The zero-order chi connectivity index (χ0) is 32.6. The molecule has 5 rings (SSSR count). The van der Waals surface area contributed by atoms with Gasteiger partial charge in [-0.3, -0.25) is 0 Å². The Morgan fingerprint density at radius 2 is 0.913 bits per heavy atom. The average Bonchev–Trinajstić information content (AvgIpc) is 3.79. The van der Waals surface area contributed by atoms with Crippen LogP contribution >= 0.6 is 0 Å². The van der Waals surface area contributed by atoms with E-state index in [1.807, 2.05) is 12.4 Å². The van der Waals surface area contributed by atoms with Gasteiger partial charge in [-0.2, -0.15) is 0 Å². The molecule has 2 N–H and O–H groups in total. The molecule has 2 aromatic heterocycles. The van der Waals surface area contributed by atoms with Crippen LogP contribution < -0.4 is 4.90 Å². The van der Waals surface area contributed by atoms with Crippen molar-refractivity contribution in [3.63, 3.8) is 0 Å². The van der Waals surface area contributed by atoms with E-state index < -0.39 is 0 Å². The number of hydrogen-bond acceptors (Lipinski definition) is 1. The molecule has 0 fully saturated rings. The van der Waals surface area contributed by atoms with Gasteiger partial charge >= 0.3 is 0 Å². The molecule has 0 aliphatic carbocycles. The van der Waals surface area contributed by atoms with Gasteiger partial charge in [-0.05, 0) is 101 Å². The molecule has 0 saturated heterocycles. The largest absolute Gasteiger partial charge is 0.364 e. The molecule has 242 valence electrons. The van der Waals surface area contributed by atoms with Crippen LogP contribution in [0.1, 0.15) is 127 Å². The maximum atomic E-state index is 3.45. The molecule has 3 nitrogen and oxygen atoms in total. The molecular weight excluding hydrogens is 558 g/mol. The normalized spacial score (nSPS) is 12.2. The number of unbranched alkanes of at least 4 members (excludes halogenated alkanes) is 4. The number of rotatable bonds is 16. The number of hydrogen-bond donors (Lipinski definition) is 2. The zero-order valence-electron chi connectivity index (χ0n) is 29.1. The summed E-state index contributed by atoms with van der Waals surface area (Å²) in [6, 6.07) is 36.3. The van der Waals surface area contributed by atoms with Crippen LogP contribution in [0.15, 0.2) is 109 Å². The van der Waals surface area contributed by atoms with Crippen molar-refractivity contribution in [1.82, 2.24) is 9.97 Å². The molecule has 2 heterocycles. The van der Waals surface area contributed by atoms with Gasteiger partial charge in [0.15, 0.2) is 0 Å². The minimum atomic E-state index is 0.121. The minimum absolute atomic E-state index is 0.121. The molecule has 0 amide bonds. The first kappa shape index (κ1) is 33.4. The maximum Gasteiger partial charge on any atom is 0.0641 e. The van der Waals surface area contributed by atoms with Crippen molar-refractivity contribution in [3.8, 4) is 0 Å². The van der Waals surface area contributed by atoms with Gasteiger partial charge in [-0.1, -0.05) is 116 Å². The summed E-state index contributed by atoms with van der Waals surface area (Å²) in [4.78, 5) is 9.30. The molecule has 0 unspecified atom stereocenters. The van der Waals surface area contributed by atoms with E-state index in [0.717, 1.165) is 5.69 Å². The molecule has 0 bridgehead atoms. The highest BCUT2D eigenvalue weighted by Crippen LogP contribution is 2.40. The van der Waals surface area contributed by atoms with Crippen LogP contribution in [-0.4, -0.2) is 9.97 Å². The molecule has 0 atom stereocenters. The van der Waals surface area contributed by atoms with Crippen molar-refractivity contribution in [3.05, 3.63) is 138 Å². The number of aromatic amines is 2. The first-order valence-corrected chi connectivity index (χ1v) is 17.6. The summed E-state index contributed by atoms with van der Waals surface area (Å²) in [7, 11) is 0. The van der Waals surface area contributed by atoms with Crippen LogP contribution in [0, 0.1) is 0 Å². The quantitative estimate of drug-likeness (QED) is 0.107. The predicted octanol–water partition coefficient (Wildman–Crippen LogP) is 12.7. The van der Waals surface area contributed by atoms with Crippen LogP contribution in [0.5, 0.6) is 0 Å². The zero-order valence-corrected chi connectivity index (χ0v) is 29.1. The fourth-order valence-corrected chi connectivity index (χ4v) is 6.88. The van der Waals surface area contributed by atoms with Crippen molar-refractivity contribution < 1.29 is 0 Å². The van der Waals surface area contributed by atoms with E-state index >= 15 is 0 Å². The lowest BCUT2D eigenvalue weighted by atomic mass is 9.80. The van der Waals surface area contributed by atoms with Crippen LogP contribution in [0.4, 0.5) is 17.1 Å². The summed E-state index contributed by atoms with van der Waals surface area (Å²) in [5.41, 5.74) is 10.3. The lowest BCUT2D eigenvalue weighted by Crippen LogP contribution is -2.18. The molecule has 0 spiro atoms. The average molecular weight is 614 g/mol. The number of H-pyrrole nitrogens is 2. The van der Waals surface area contributed by atoms with E-state index in [2.05, 4.69) is 153 Å². The Labute approximate surface area is 278 Å². The standard InChI is InChI=1S/C43H55N3/c1-7-9-11-29-42(3,4)34-19-25-37(26-20-34)46(38-27-21-35(22-28-38)43(5,6)30-12-10-8-2)36-23-17-33(18-24-36)41(39-15-13-31-44-39)40-16-14-32-45-40/h13-28,31-32,41,44-45H,7-12,29-30H2,1-6H3. The molecule has 5 aromatic rings. The number of nitrogens with zero attached hydrogens (tertiary/aromatic N) is 1. The third kappa shape index (κ3) is 7.86. The van der Waals surface area contributed by atoms with Crippen molar-refractivity contribution >= 4 is 17.1 Å². The number of aromatic nitrogens is 2. The molecule has 0 aliphatic rings. The van der Waals surface area contributed by atoms with Crippen LogP contribution in [0.2, 0.25) is 0 Å². The van der Waals surface area contributed by atoms with Gasteiger partial charge in [0.05, 0.1) is 5.92 Å². The number of nitrogens with one attached hydrogen (secondary N) is 2. The Hall–Kier alpha value is -3.98. The van der Waals surface area contributed by atoms with Crippen molar-refractivity contribution in [1.29, 1.82) is 0 Å². The smallest absolute Gasteiger partial charge is 0.0641 e. The van der Waals surface area contributed by atoms with Gasteiger partial charge in [0.1, 0.15) is 0 Å². The van der Waals surface area contributed by atoms with E-state index in [1.54, 1.807) is 0 Å². The van der Waals surface area contributed by atoms with E-state index in [-0.39, 0.29) is 16.7 Å². The highest BCUT2D eigenvalue weighted by atomic mass is 15.1. The van der Waals surface area contributed by atoms with E-state index in [4.69, 9.17) is 0 Å². The van der Waals surface area contributed by atoms with Gasteiger partial charge in [-0.25, -0.2) is 0 Å². The molecule has 0 aliphatic heterocycles. The molecule has 3 aromatic carbocycles.